The van der Waals surface area contributed by atoms with Crippen molar-refractivity contribution in [2.75, 3.05) is 0 Å². The molecule has 0 unspecified atom stereocenters. The molecular formula is C16H22O2. The molecule has 0 atom stereocenters. The maximum absolute atomic E-state index is 10.9. The van der Waals surface area contributed by atoms with Gasteiger partial charge in [-0.05, 0) is 41.5 Å². The van der Waals surface area contributed by atoms with Crippen molar-refractivity contribution >= 4 is 12.0 Å². The minimum absolute atomic E-state index is 0.373. The van der Waals surface area contributed by atoms with Gasteiger partial charge in [0.2, 0.25) is 0 Å². The second-order valence-corrected chi connectivity index (χ2v) is 5.33. The summed E-state index contributed by atoms with van der Waals surface area (Å²) in [6.07, 6.45) is 1.77. The van der Waals surface area contributed by atoms with Gasteiger partial charge in [-0.3, -0.25) is 0 Å². The number of carboxylic acids is 1. The second kappa shape index (κ2) is 5.85. The van der Waals surface area contributed by atoms with Gasteiger partial charge in [-0.15, -0.1) is 0 Å². The summed E-state index contributed by atoms with van der Waals surface area (Å²) in [6, 6.07) is 6.35. The average molecular weight is 246 g/mol. The highest BCUT2D eigenvalue weighted by atomic mass is 16.4. The summed E-state index contributed by atoms with van der Waals surface area (Å²) in [6.45, 7) is 10.2. The van der Waals surface area contributed by atoms with Crippen LogP contribution in [0.4, 0.5) is 0 Å². The molecule has 0 fully saturated rings. The quantitative estimate of drug-likeness (QED) is 0.798. The van der Waals surface area contributed by atoms with Gasteiger partial charge in [-0.1, -0.05) is 45.9 Å². The van der Waals surface area contributed by atoms with E-state index in [9.17, 15) is 4.79 Å². The number of hydrogen-bond donors (Lipinski definition) is 1. The zero-order chi connectivity index (χ0) is 13.9. The summed E-state index contributed by atoms with van der Waals surface area (Å²) in [5.74, 6) is -0.0257. The fourth-order valence-corrected chi connectivity index (χ4v) is 1.90. The first-order valence-corrected chi connectivity index (χ1v) is 6.38. The van der Waals surface area contributed by atoms with Crippen molar-refractivity contribution in [2.24, 2.45) is 0 Å². The Labute approximate surface area is 109 Å². The highest BCUT2D eigenvalue weighted by molar-refractivity contribution is 5.91. The summed E-state index contributed by atoms with van der Waals surface area (Å²) in [7, 11) is 0. The fourth-order valence-electron chi connectivity index (χ4n) is 1.90. The standard InChI is InChI=1S/C16H22O2/c1-10(2)13-6-7-15(11(3)4)14(9-13)8-12(5)16(17)18/h6-11H,1-5H3,(H,17,18). The summed E-state index contributed by atoms with van der Waals surface area (Å²) in [4.78, 5) is 10.9. The van der Waals surface area contributed by atoms with Crippen LogP contribution >= 0.6 is 0 Å². The van der Waals surface area contributed by atoms with E-state index in [1.807, 2.05) is 0 Å². The van der Waals surface area contributed by atoms with Gasteiger partial charge in [-0.2, -0.15) is 0 Å². The first-order chi connectivity index (χ1) is 8.32. The van der Waals surface area contributed by atoms with E-state index in [0.29, 0.717) is 17.4 Å². The first kappa shape index (κ1) is 14.5. The average Bonchev–Trinajstić information content (AvgIpc) is 2.28. The van der Waals surface area contributed by atoms with Crippen LogP contribution < -0.4 is 0 Å². The molecule has 1 aromatic rings. The number of hydrogen-bond acceptors (Lipinski definition) is 1. The van der Waals surface area contributed by atoms with Gasteiger partial charge in [0, 0.05) is 5.57 Å². The Morgan fingerprint density at radius 3 is 2.22 bits per heavy atom. The molecule has 0 saturated carbocycles. The minimum Gasteiger partial charge on any atom is -0.478 e. The van der Waals surface area contributed by atoms with E-state index in [1.165, 1.54) is 11.1 Å². The predicted octanol–water partition coefficient (Wildman–Crippen LogP) is 4.42. The molecule has 0 aromatic heterocycles. The van der Waals surface area contributed by atoms with Crippen molar-refractivity contribution in [1.29, 1.82) is 0 Å². The Balaban J connectivity index is 3.32. The van der Waals surface area contributed by atoms with Gasteiger partial charge in [-0.25, -0.2) is 4.79 Å². The molecule has 1 N–H and O–H groups in total. The summed E-state index contributed by atoms with van der Waals surface area (Å²) in [5, 5.41) is 8.98. The molecular weight excluding hydrogens is 224 g/mol. The second-order valence-electron chi connectivity index (χ2n) is 5.33. The lowest BCUT2D eigenvalue weighted by Crippen LogP contribution is -1.99. The highest BCUT2D eigenvalue weighted by Crippen LogP contribution is 2.26. The molecule has 0 saturated heterocycles. The monoisotopic (exact) mass is 246 g/mol. The third-order valence-electron chi connectivity index (χ3n) is 3.11. The van der Waals surface area contributed by atoms with Gasteiger partial charge in [0.15, 0.2) is 0 Å². The molecule has 0 aliphatic heterocycles. The van der Waals surface area contributed by atoms with Crippen molar-refractivity contribution < 1.29 is 9.90 Å². The van der Waals surface area contributed by atoms with Crippen LogP contribution in [-0.2, 0) is 4.79 Å². The Kier molecular flexibility index (Phi) is 4.71. The summed E-state index contributed by atoms with van der Waals surface area (Å²) < 4.78 is 0. The maximum Gasteiger partial charge on any atom is 0.331 e. The smallest absolute Gasteiger partial charge is 0.331 e. The molecule has 2 heteroatoms. The molecule has 1 rings (SSSR count). The van der Waals surface area contributed by atoms with Crippen LogP contribution in [0.15, 0.2) is 23.8 Å². The molecule has 0 radical (unpaired) electrons. The maximum atomic E-state index is 10.9. The van der Waals surface area contributed by atoms with Gasteiger partial charge < -0.3 is 5.11 Å². The van der Waals surface area contributed by atoms with E-state index in [-0.39, 0.29) is 0 Å². The minimum atomic E-state index is -0.861. The molecule has 1 aromatic carbocycles. The normalized spacial score (nSPS) is 12.3. The zero-order valence-corrected chi connectivity index (χ0v) is 11.8. The number of carbonyl (C=O) groups is 1. The lowest BCUT2D eigenvalue weighted by atomic mass is 9.91. The van der Waals surface area contributed by atoms with Crippen LogP contribution in [0, 0.1) is 0 Å². The van der Waals surface area contributed by atoms with Crippen molar-refractivity contribution in [2.45, 2.75) is 46.5 Å². The van der Waals surface area contributed by atoms with Crippen molar-refractivity contribution in [3.63, 3.8) is 0 Å². The van der Waals surface area contributed by atoms with Gasteiger partial charge in [0.05, 0.1) is 0 Å². The molecule has 0 aliphatic rings. The Bertz CT molecular complexity index is 468. The van der Waals surface area contributed by atoms with Crippen molar-refractivity contribution in [3.05, 3.63) is 40.5 Å². The molecule has 0 heterocycles. The SMILES string of the molecule is CC(=Cc1cc(C(C)C)ccc1C(C)C)C(=O)O. The van der Waals surface area contributed by atoms with Gasteiger partial charge in [0.25, 0.3) is 0 Å². The number of rotatable bonds is 4. The van der Waals surface area contributed by atoms with Crippen LogP contribution in [0.2, 0.25) is 0 Å². The Hall–Kier alpha value is -1.57. The number of aliphatic carboxylic acids is 1. The van der Waals surface area contributed by atoms with E-state index in [1.54, 1.807) is 13.0 Å². The van der Waals surface area contributed by atoms with E-state index < -0.39 is 5.97 Å². The van der Waals surface area contributed by atoms with Gasteiger partial charge in [0.1, 0.15) is 0 Å². The highest BCUT2D eigenvalue weighted by Gasteiger charge is 2.09. The van der Waals surface area contributed by atoms with Crippen LogP contribution in [0.1, 0.15) is 63.1 Å². The van der Waals surface area contributed by atoms with Crippen LogP contribution in [0.5, 0.6) is 0 Å². The van der Waals surface area contributed by atoms with E-state index in [2.05, 4.69) is 45.9 Å². The fraction of sp³-hybridized carbons (Fsp3) is 0.438. The molecule has 2 nitrogen and oxygen atoms in total. The lowest BCUT2D eigenvalue weighted by molar-refractivity contribution is -0.132. The van der Waals surface area contributed by atoms with Gasteiger partial charge >= 0.3 is 5.97 Å². The topological polar surface area (TPSA) is 37.3 Å². The molecule has 0 spiro atoms. The Morgan fingerprint density at radius 2 is 1.78 bits per heavy atom. The van der Waals surface area contributed by atoms with Crippen LogP contribution in [-0.4, -0.2) is 11.1 Å². The van der Waals surface area contributed by atoms with E-state index in [4.69, 9.17) is 5.11 Å². The third kappa shape index (κ3) is 3.46. The largest absolute Gasteiger partial charge is 0.478 e. The van der Waals surface area contributed by atoms with Crippen molar-refractivity contribution in [3.8, 4) is 0 Å². The molecule has 0 bridgehead atoms. The molecule has 18 heavy (non-hydrogen) atoms. The summed E-state index contributed by atoms with van der Waals surface area (Å²) in [5.41, 5.74) is 3.83. The molecule has 0 aliphatic carbocycles. The van der Waals surface area contributed by atoms with Crippen molar-refractivity contribution in [1.82, 2.24) is 0 Å². The van der Waals surface area contributed by atoms with Crippen LogP contribution in [0.3, 0.4) is 0 Å². The number of benzene rings is 1. The molecule has 98 valence electrons. The van der Waals surface area contributed by atoms with E-state index >= 15 is 0 Å². The van der Waals surface area contributed by atoms with E-state index in [0.717, 1.165) is 5.56 Å². The summed E-state index contributed by atoms with van der Waals surface area (Å²) >= 11 is 0. The zero-order valence-electron chi connectivity index (χ0n) is 11.8. The number of carboxylic acid groups (broad SMARTS) is 1. The van der Waals surface area contributed by atoms with Crippen LogP contribution in [0.25, 0.3) is 6.08 Å². The lowest BCUT2D eigenvalue weighted by Gasteiger charge is -2.14. The third-order valence-corrected chi connectivity index (χ3v) is 3.11. The molecule has 0 amide bonds. The first-order valence-electron chi connectivity index (χ1n) is 6.38. The predicted molar refractivity (Wildman–Crippen MR) is 75.9 cm³/mol. The Morgan fingerprint density at radius 1 is 1.17 bits per heavy atom.